The predicted molar refractivity (Wildman–Crippen MR) is 123 cm³/mol. The van der Waals surface area contributed by atoms with Crippen LogP contribution in [-0.2, 0) is 14.2 Å². The summed E-state index contributed by atoms with van der Waals surface area (Å²) in [5.41, 5.74) is 0.903. The van der Waals surface area contributed by atoms with Crippen molar-refractivity contribution in [3.05, 3.63) is 23.9 Å². The molecule has 4 unspecified atom stereocenters. The number of rotatable bonds is 12. The molecular weight excluding hydrogens is 432 g/mol. The molecule has 0 radical (unpaired) electrons. The van der Waals surface area contributed by atoms with Crippen LogP contribution in [-0.4, -0.2) is 70.6 Å². The SMILES string of the molecule is COCC(COC)n1c(NSC(C)C(C)c2cnc(OC)cn2)nnc1C1CCC(C)O1. The van der Waals surface area contributed by atoms with Gasteiger partial charge in [0.2, 0.25) is 11.8 Å². The fourth-order valence-corrected chi connectivity index (χ4v) is 4.46. The van der Waals surface area contributed by atoms with Crippen molar-refractivity contribution in [2.75, 3.05) is 39.3 Å². The Hall–Kier alpha value is -1.95. The molecule has 0 aliphatic carbocycles. The number of aromatic nitrogens is 5. The van der Waals surface area contributed by atoms with Gasteiger partial charge >= 0.3 is 0 Å². The van der Waals surface area contributed by atoms with E-state index in [1.54, 1.807) is 45.7 Å². The number of anilines is 1. The van der Waals surface area contributed by atoms with E-state index >= 15 is 0 Å². The first-order valence-electron chi connectivity index (χ1n) is 10.8. The Morgan fingerprint density at radius 1 is 1.12 bits per heavy atom. The first-order chi connectivity index (χ1) is 15.5. The molecule has 1 fully saturated rings. The van der Waals surface area contributed by atoms with E-state index in [1.165, 1.54) is 0 Å². The van der Waals surface area contributed by atoms with Gasteiger partial charge in [0.25, 0.3) is 0 Å². The molecule has 10 nitrogen and oxygen atoms in total. The largest absolute Gasteiger partial charge is 0.480 e. The number of nitrogens with one attached hydrogen (secondary N) is 1. The lowest BCUT2D eigenvalue weighted by molar-refractivity contribution is 0.0406. The van der Waals surface area contributed by atoms with Crippen molar-refractivity contribution in [3.8, 4) is 5.88 Å². The minimum Gasteiger partial charge on any atom is -0.480 e. The molecule has 1 aliphatic rings. The summed E-state index contributed by atoms with van der Waals surface area (Å²) in [6.07, 6.45) is 5.45. The molecule has 0 bridgehead atoms. The van der Waals surface area contributed by atoms with Gasteiger partial charge in [-0.2, -0.15) is 0 Å². The summed E-state index contributed by atoms with van der Waals surface area (Å²) in [6, 6.07) is -0.0715. The summed E-state index contributed by atoms with van der Waals surface area (Å²) in [5, 5.41) is 9.12. The van der Waals surface area contributed by atoms with Gasteiger partial charge in [-0.05, 0) is 31.7 Å². The summed E-state index contributed by atoms with van der Waals surface area (Å²) in [6.45, 7) is 7.31. The van der Waals surface area contributed by atoms with Crippen molar-refractivity contribution >= 4 is 17.9 Å². The second-order valence-electron chi connectivity index (χ2n) is 8.03. The van der Waals surface area contributed by atoms with Gasteiger partial charge in [0, 0.05) is 25.4 Å². The lowest BCUT2D eigenvalue weighted by Crippen LogP contribution is -2.24. The number of hydrogen-bond donors (Lipinski definition) is 1. The molecule has 32 heavy (non-hydrogen) atoms. The third kappa shape index (κ3) is 5.89. The van der Waals surface area contributed by atoms with Crippen LogP contribution in [0.2, 0.25) is 0 Å². The molecule has 0 amide bonds. The van der Waals surface area contributed by atoms with Crippen LogP contribution in [0.25, 0.3) is 0 Å². The second kappa shape index (κ2) is 11.8. The van der Waals surface area contributed by atoms with E-state index in [0.717, 1.165) is 24.4 Å². The fraction of sp³-hybridized carbons (Fsp3) is 0.714. The predicted octanol–water partition coefficient (Wildman–Crippen LogP) is 3.40. The lowest BCUT2D eigenvalue weighted by Gasteiger charge is -2.24. The zero-order valence-electron chi connectivity index (χ0n) is 19.6. The van der Waals surface area contributed by atoms with E-state index in [9.17, 15) is 0 Å². The summed E-state index contributed by atoms with van der Waals surface area (Å²) < 4.78 is 27.6. The van der Waals surface area contributed by atoms with Crippen molar-refractivity contribution < 1.29 is 18.9 Å². The summed E-state index contributed by atoms with van der Waals surface area (Å²) in [4.78, 5) is 8.74. The Bertz CT molecular complexity index is 830. The maximum absolute atomic E-state index is 6.08. The first-order valence-corrected chi connectivity index (χ1v) is 11.7. The lowest BCUT2D eigenvalue weighted by atomic mass is 10.1. The molecule has 1 saturated heterocycles. The molecule has 1 aliphatic heterocycles. The quantitative estimate of drug-likeness (QED) is 0.468. The molecule has 3 rings (SSSR count). The van der Waals surface area contributed by atoms with Crippen LogP contribution in [0.15, 0.2) is 12.4 Å². The Morgan fingerprint density at radius 3 is 2.44 bits per heavy atom. The molecule has 2 aromatic rings. The third-order valence-corrected chi connectivity index (χ3v) is 6.77. The highest BCUT2D eigenvalue weighted by Gasteiger charge is 2.32. The van der Waals surface area contributed by atoms with Gasteiger partial charge in [0.15, 0.2) is 5.82 Å². The van der Waals surface area contributed by atoms with Crippen molar-refractivity contribution in [3.63, 3.8) is 0 Å². The number of methoxy groups -OCH3 is 3. The van der Waals surface area contributed by atoms with E-state index in [-0.39, 0.29) is 29.4 Å². The molecule has 3 heterocycles. The Morgan fingerprint density at radius 2 is 1.88 bits per heavy atom. The Kier molecular flexibility index (Phi) is 9.09. The smallest absolute Gasteiger partial charge is 0.235 e. The molecule has 178 valence electrons. The molecule has 11 heteroatoms. The summed E-state index contributed by atoms with van der Waals surface area (Å²) in [7, 11) is 4.95. The van der Waals surface area contributed by atoms with Crippen LogP contribution in [0.5, 0.6) is 5.88 Å². The van der Waals surface area contributed by atoms with E-state index in [4.69, 9.17) is 18.9 Å². The maximum Gasteiger partial charge on any atom is 0.235 e. The molecule has 1 N–H and O–H groups in total. The average molecular weight is 467 g/mol. The Labute approximate surface area is 193 Å². The minimum atomic E-state index is -0.0832. The third-order valence-electron chi connectivity index (χ3n) is 5.69. The number of nitrogens with zero attached hydrogens (tertiary/aromatic N) is 5. The maximum atomic E-state index is 6.08. The van der Waals surface area contributed by atoms with Crippen LogP contribution in [0, 0.1) is 0 Å². The molecular formula is C21H34N6O4S. The first kappa shape index (κ1) is 24.7. The van der Waals surface area contributed by atoms with Gasteiger partial charge < -0.3 is 18.9 Å². The minimum absolute atomic E-state index is 0.0715. The molecule has 0 spiro atoms. The van der Waals surface area contributed by atoms with Crippen molar-refractivity contribution in [1.82, 2.24) is 24.7 Å². The average Bonchev–Trinajstić information content (AvgIpc) is 3.42. The van der Waals surface area contributed by atoms with Gasteiger partial charge in [0.05, 0.1) is 50.6 Å². The fourth-order valence-electron chi connectivity index (χ4n) is 3.68. The van der Waals surface area contributed by atoms with Crippen LogP contribution in [0.1, 0.15) is 63.2 Å². The van der Waals surface area contributed by atoms with Crippen LogP contribution in [0.4, 0.5) is 5.95 Å². The van der Waals surface area contributed by atoms with E-state index in [0.29, 0.717) is 25.0 Å². The highest BCUT2D eigenvalue weighted by atomic mass is 32.2. The van der Waals surface area contributed by atoms with E-state index in [2.05, 4.69) is 50.2 Å². The van der Waals surface area contributed by atoms with Crippen LogP contribution in [0.3, 0.4) is 0 Å². The monoisotopic (exact) mass is 466 g/mol. The standard InChI is InChI=1S/C21H34N6O4S/c1-13-7-8-18(31-13)20-24-25-21(27(20)16(11-28-4)12-29-5)26-32-15(3)14(2)17-9-23-19(30-6)10-22-17/h9-10,13-16,18H,7-8,11-12H2,1-6H3,(H,25,26). The van der Waals surface area contributed by atoms with Crippen LogP contribution < -0.4 is 9.46 Å². The molecule has 0 saturated carbocycles. The molecule has 2 aromatic heterocycles. The van der Waals surface area contributed by atoms with Crippen LogP contribution >= 0.6 is 11.9 Å². The normalized spacial score (nSPS) is 20.5. The highest BCUT2D eigenvalue weighted by molar-refractivity contribution is 8.01. The second-order valence-corrected chi connectivity index (χ2v) is 9.21. The zero-order chi connectivity index (χ0) is 23.1. The van der Waals surface area contributed by atoms with Crippen molar-refractivity contribution in [1.29, 1.82) is 0 Å². The zero-order valence-corrected chi connectivity index (χ0v) is 20.5. The van der Waals surface area contributed by atoms with Crippen molar-refractivity contribution in [2.24, 2.45) is 0 Å². The van der Waals surface area contributed by atoms with Gasteiger partial charge in [-0.3, -0.25) is 14.3 Å². The molecule has 0 aromatic carbocycles. The molecule has 4 atom stereocenters. The Balaban J connectivity index is 1.76. The van der Waals surface area contributed by atoms with Gasteiger partial charge in [-0.25, -0.2) is 4.98 Å². The summed E-state index contributed by atoms with van der Waals surface area (Å²) in [5.74, 6) is 2.13. The van der Waals surface area contributed by atoms with Gasteiger partial charge in [-0.1, -0.05) is 13.8 Å². The highest BCUT2D eigenvalue weighted by Crippen LogP contribution is 2.35. The van der Waals surface area contributed by atoms with E-state index < -0.39 is 0 Å². The van der Waals surface area contributed by atoms with Gasteiger partial charge in [-0.15, -0.1) is 10.2 Å². The summed E-state index contributed by atoms with van der Waals surface area (Å²) >= 11 is 1.57. The van der Waals surface area contributed by atoms with Crippen molar-refractivity contribution in [2.45, 2.75) is 63.0 Å². The van der Waals surface area contributed by atoms with Gasteiger partial charge in [0.1, 0.15) is 6.10 Å². The number of ether oxygens (including phenoxy) is 4. The topological polar surface area (TPSA) is 105 Å². The van der Waals surface area contributed by atoms with E-state index in [1.807, 2.05) is 0 Å². The number of hydrogen-bond acceptors (Lipinski definition) is 10.